The number of esters is 1. The van der Waals surface area contributed by atoms with E-state index in [-0.39, 0.29) is 22.6 Å². The van der Waals surface area contributed by atoms with Gasteiger partial charge in [-0.15, -0.1) is 5.10 Å². The van der Waals surface area contributed by atoms with Gasteiger partial charge in [0.05, 0.1) is 19.0 Å². The highest BCUT2D eigenvalue weighted by atomic mass is 19.4. The number of ether oxygens (including phenoxy) is 1. The Morgan fingerprint density at radius 2 is 2.10 bits per heavy atom. The number of hydrogen-bond donors (Lipinski definition) is 1. The fraction of sp³-hybridized carbons (Fsp3) is 0.250. The first kappa shape index (κ1) is 14.8. The van der Waals surface area contributed by atoms with Crippen LogP contribution in [0.25, 0.3) is 5.69 Å². The number of nitrogen functional groups attached to an aromatic ring is 1. The zero-order valence-corrected chi connectivity index (χ0v) is 11.1. The standard InChI is InChI=1S/C12H11F3N4O2/c1-6-3-9(12(13,14)15)17-4-8(6)19-5-7(10(16)18-19)11(20)21-2/h3-5H,1-2H3,(H2,16,18). The van der Waals surface area contributed by atoms with Gasteiger partial charge in [0.25, 0.3) is 0 Å². The van der Waals surface area contributed by atoms with E-state index in [1.807, 2.05) is 0 Å². The first-order valence-electron chi connectivity index (χ1n) is 5.71. The van der Waals surface area contributed by atoms with Gasteiger partial charge in [-0.05, 0) is 18.6 Å². The number of alkyl halides is 3. The van der Waals surface area contributed by atoms with Crippen LogP contribution >= 0.6 is 0 Å². The molecule has 0 saturated heterocycles. The van der Waals surface area contributed by atoms with E-state index in [2.05, 4.69) is 14.8 Å². The third-order valence-corrected chi connectivity index (χ3v) is 2.77. The largest absolute Gasteiger partial charge is 0.465 e. The lowest BCUT2D eigenvalue weighted by Gasteiger charge is -2.09. The summed E-state index contributed by atoms with van der Waals surface area (Å²) >= 11 is 0. The lowest BCUT2D eigenvalue weighted by Crippen LogP contribution is -2.10. The van der Waals surface area contributed by atoms with E-state index in [9.17, 15) is 18.0 Å². The molecule has 0 aromatic carbocycles. The molecule has 0 amide bonds. The molecule has 0 radical (unpaired) electrons. The number of aromatic nitrogens is 3. The van der Waals surface area contributed by atoms with Crippen LogP contribution in [0, 0.1) is 6.92 Å². The van der Waals surface area contributed by atoms with Crippen LogP contribution in [-0.4, -0.2) is 27.8 Å². The van der Waals surface area contributed by atoms with E-state index in [1.165, 1.54) is 24.9 Å². The first-order chi connectivity index (χ1) is 9.74. The van der Waals surface area contributed by atoms with Gasteiger partial charge in [0.2, 0.25) is 0 Å². The normalized spacial score (nSPS) is 11.5. The summed E-state index contributed by atoms with van der Waals surface area (Å²) < 4.78 is 43.4. The van der Waals surface area contributed by atoms with Crippen molar-refractivity contribution in [2.75, 3.05) is 12.8 Å². The predicted molar refractivity (Wildman–Crippen MR) is 66.8 cm³/mol. The number of methoxy groups -OCH3 is 1. The Morgan fingerprint density at radius 1 is 1.43 bits per heavy atom. The number of rotatable bonds is 2. The molecular formula is C12H11F3N4O2. The van der Waals surface area contributed by atoms with Gasteiger partial charge in [0, 0.05) is 6.20 Å². The van der Waals surface area contributed by atoms with Gasteiger partial charge in [-0.3, -0.25) is 0 Å². The number of nitrogens with zero attached hydrogens (tertiary/aromatic N) is 3. The average molecular weight is 300 g/mol. The summed E-state index contributed by atoms with van der Waals surface area (Å²) in [6.45, 7) is 1.47. The van der Waals surface area contributed by atoms with Crippen molar-refractivity contribution in [1.29, 1.82) is 0 Å². The Morgan fingerprint density at radius 3 is 2.62 bits per heavy atom. The van der Waals surface area contributed by atoms with Gasteiger partial charge in [0.1, 0.15) is 11.3 Å². The number of anilines is 1. The SMILES string of the molecule is COC(=O)c1cn(-c2cnc(C(F)(F)F)cc2C)nc1N. The van der Waals surface area contributed by atoms with Gasteiger partial charge < -0.3 is 10.5 Å². The molecule has 2 aromatic rings. The highest BCUT2D eigenvalue weighted by Crippen LogP contribution is 2.29. The van der Waals surface area contributed by atoms with Crippen molar-refractivity contribution in [3.63, 3.8) is 0 Å². The number of carbonyl (C=O) groups is 1. The average Bonchev–Trinajstić information content (AvgIpc) is 2.78. The maximum atomic E-state index is 12.6. The smallest absolute Gasteiger partial charge is 0.433 e. The summed E-state index contributed by atoms with van der Waals surface area (Å²) in [4.78, 5) is 14.8. The van der Waals surface area contributed by atoms with Gasteiger partial charge in [0.15, 0.2) is 5.82 Å². The Labute approximate surface area is 117 Å². The Kier molecular flexibility index (Phi) is 3.58. The summed E-state index contributed by atoms with van der Waals surface area (Å²) in [5.41, 5.74) is 5.16. The van der Waals surface area contributed by atoms with Gasteiger partial charge in [-0.25, -0.2) is 14.5 Å². The predicted octanol–water partition coefficient (Wildman–Crippen LogP) is 1.96. The maximum absolute atomic E-state index is 12.6. The molecule has 112 valence electrons. The second-order valence-electron chi connectivity index (χ2n) is 4.22. The van der Waals surface area contributed by atoms with Crippen LogP contribution in [0.4, 0.5) is 19.0 Å². The van der Waals surface area contributed by atoms with Crippen molar-refractivity contribution >= 4 is 11.8 Å². The summed E-state index contributed by atoms with van der Waals surface area (Å²) in [5.74, 6) is -0.766. The molecule has 2 rings (SSSR count). The van der Waals surface area contributed by atoms with Crippen molar-refractivity contribution < 1.29 is 22.7 Å². The van der Waals surface area contributed by atoms with Crippen LogP contribution in [0.1, 0.15) is 21.6 Å². The molecule has 0 aliphatic rings. The number of halogens is 3. The van der Waals surface area contributed by atoms with E-state index < -0.39 is 17.8 Å². The molecule has 0 aliphatic heterocycles. The molecule has 0 bridgehead atoms. The highest BCUT2D eigenvalue weighted by Gasteiger charge is 2.32. The summed E-state index contributed by atoms with van der Waals surface area (Å²) in [6.07, 6.45) is -2.23. The molecule has 9 heteroatoms. The molecule has 0 spiro atoms. The molecule has 0 atom stereocenters. The number of pyridine rings is 1. The number of nitrogens with two attached hydrogens (primary N) is 1. The van der Waals surface area contributed by atoms with Crippen LogP contribution in [0.3, 0.4) is 0 Å². The third-order valence-electron chi connectivity index (χ3n) is 2.77. The van der Waals surface area contributed by atoms with Gasteiger partial charge in [-0.2, -0.15) is 13.2 Å². The molecule has 2 aromatic heterocycles. The van der Waals surface area contributed by atoms with Crippen molar-refractivity contribution in [1.82, 2.24) is 14.8 Å². The number of aryl methyl sites for hydroxylation is 1. The minimum Gasteiger partial charge on any atom is -0.465 e. The molecule has 2 N–H and O–H groups in total. The quantitative estimate of drug-likeness (QED) is 0.857. The molecule has 0 aliphatic carbocycles. The molecule has 21 heavy (non-hydrogen) atoms. The van der Waals surface area contributed by atoms with E-state index >= 15 is 0 Å². The molecule has 2 heterocycles. The van der Waals surface area contributed by atoms with Crippen molar-refractivity contribution in [2.45, 2.75) is 13.1 Å². The topological polar surface area (TPSA) is 83.0 Å². The number of carbonyl (C=O) groups excluding carboxylic acids is 1. The van der Waals surface area contributed by atoms with Crippen LogP contribution in [-0.2, 0) is 10.9 Å². The molecule has 0 saturated carbocycles. The summed E-state index contributed by atoms with van der Waals surface area (Å²) in [6, 6.07) is 0.894. The van der Waals surface area contributed by atoms with Gasteiger partial charge in [-0.1, -0.05) is 0 Å². The van der Waals surface area contributed by atoms with E-state index in [1.54, 1.807) is 0 Å². The highest BCUT2D eigenvalue weighted by molar-refractivity contribution is 5.93. The van der Waals surface area contributed by atoms with Crippen LogP contribution in [0.15, 0.2) is 18.5 Å². The minimum atomic E-state index is -4.52. The molecular weight excluding hydrogens is 289 g/mol. The zero-order valence-electron chi connectivity index (χ0n) is 11.1. The fourth-order valence-corrected chi connectivity index (χ4v) is 1.72. The van der Waals surface area contributed by atoms with Crippen molar-refractivity contribution in [3.05, 3.63) is 35.3 Å². The number of hydrogen-bond acceptors (Lipinski definition) is 5. The fourth-order valence-electron chi connectivity index (χ4n) is 1.72. The van der Waals surface area contributed by atoms with Gasteiger partial charge >= 0.3 is 12.1 Å². The van der Waals surface area contributed by atoms with E-state index in [0.717, 1.165) is 12.3 Å². The monoisotopic (exact) mass is 300 g/mol. The van der Waals surface area contributed by atoms with E-state index in [4.69, 9.17) is 5.73 Å². The van der Waals surface area contributed by atoms with Crippen LogP contribution < -0.4 is 5.73 Å². The zero-order chi connectivity index (χ0) is 15.8. The summed E-state index contributed by atoms with van der Waals surface area (Å²) in [7, 11) is 1.18. The molecule has 0 fully saturated rings. The maximum Gasteiger partial charge on any atom is 0.433 e. The second kappa shape index (κ2) is 5.08. The van der Waals surface area contributed by atoms with Crippen LogP contribution in [0.5, 0.6) is 0 Å². The lowest BCUT2D eigenvalue weighted by atomic mass is 10.2. The van der Waals surface area contributed by atoms with Crippen LogP contribution in [0.2, 0.25) is 0 Å². The van der Waals surface area contributed by atoms with Crippen molar-refractivity contribution in [2.24, 2.45) is 0 Å². The Balaban J connectivity index is 2.46. The summed E-state index contributed by atoms with van der Waals surface area (Å²) in [5, 5.41) is 3.87. The Hall–Kier alpha value is -2.58. The molecule has 0 unspecified atom stereocenters. The Bertz CT molecular complexity index is 694. The second-order valence-corrected chi connectivity index (χ2v) is 4.22. The molecule has 6 nitrogen and oxygen atoms in total. The minimum absolute atomic E-state index is 0.0248. The first-order valence-corrected chi connectivity index (χ1v) is 5.71. The van der Waals surface area contributed by atoms with E-state index in [0.29, 0.717) is 0 Å². The lowest BCUT2D eigenvalue weighted by molar-refractivity contribution is -0.141. The van der Waals surface area contributed by atoms with Crippen molar-refractivity contribution in [3.8, 4) is 5.69 Å². The third kappa shape index (κ3) is 2.81.